The van der Waals surface area contributed by atoms with Crippen LogP contribution in [-0.4, -0.2) is 58.0 Å². The molecule has 0 bridgehead atoms. The summed E-state index contributed by atoms with van der Waals surface area (Å²) in [4.78, 5) is 44.1. The highest BCUT2D eigenvalue weighted by Crippen LogP contribution is 2.13. The van der Waals surface area contributed by atoms with Gasteiger partial charge in [-0.3, -0.25) is 19.3 Å². The highest BCUT2D eigenvalue weighted by Gasteiger charge is 2.15. The summed E-state index contributed by atoms with van der Waals surface area (Å²) in [5.41, 5.74) is 2.53. The van der Waals surface area contributed by atoms with Gasteiger partial charge < -0.3 is 19.8 Å². The molecule has 1 amide bonds. The first kappa shape index (κ1) is 22.9. The number of rotatable bonds is 7. The Hall–Kier alpha value is -3.23. The van der Waals surface area contributed by atoms with Crippen molar-refractivity contribution >= 4 is 16.9 Å². The molecule has 0 radical (unpaired) electrons. The Labute approximate surface area is 192 Å². The third-order valence-corrected chi connectivity index (χ3v) is 6.35. The number of aryl methyl sites for hydroxylation is 1. The molecule has 33 heavy (non-hydrogen) atoms. The molecule has 0 unspecified atom stereocenters. The maximum absolute atomic E-state index is 12.7. The van der Waals surface area contributed by atoms with Crippen LogP contribution in [0, 0.1) is 0 Å². The van der Waals surface area contributed by atoms with Crippen LogP contribution >= 0.6 is 0 Å². The zero-order valence-corrected chi connectivity index (χ0v) is 19.3. The van der Waals surface area contributed by atoms with Crippen molar-refractivity contribution in [2.45, 2.75) is 33.5 Å². The molecule has 4 rings (SSSR count). The van der Waals surface area contributed by atoms with Gasteiger partial charge in [0.05, 0.1) is 11.0 Å². The van der Waals surface area contributed by atoms with Crippen molar-refractivity contribution in [2.75, 3.05) is 32.7 Å². The quantitative estimate of drug-likeness (QED) is 0.537. The lowest BCUT2D eigenvalue weighted by atomic mass is 10.1. The van der Waals surface area contributed by atoms with E-state index in [9.17, 15) is 14.4 Å². The van der Waals surface area contributed by atoms with Gasteiger partial charge in [-0.15, -0.1) is 0 Å². The van der Waals surface area contributed by atoms with E-state index in [1.807, 2.05) is 0 Å². The van der Waals surface area contributed by atoms with Crippen LogP contribution < -0.4 is 16.4 Å². The number of hydrogen-bond acceptors (Lipinski definition) is 5. The summed E-state index contributed by atoms with van der Waals surface area (Å²) in [6.07, 6.45) is 0. The molecule has 0 saturated carbocycles. The van der Waals surface area contributed by atoms with Crippen LogP contribution in [0.25, 0.3) is 11.0 Å². The van der Waals surface area contributed by atoms with E-state index in [0.717, 1.165) is 44.8 Å². The Bertz CT molecular complexity index is 1240. The molecular formula is C25H31N5O3. The third-order valence-electron chi connectivity index (χ3n) is 6.35. The standard InChI is InChI=1S/C25H31N5O3/c1-3-28-11-13-29(14-12-28)17-19-7-5-18(6-8-19)16-26-23(31)20-9-10-22-21(15-20)27-24(32)25(33)30(22)4-2/h5-10,15H,3-4,11-14,16-17H2,1-2H3,(H,26,31)(H,27,32). The lowest BCUT2D eigenvalue weighted by Gasteiger charge is -2.34. The van der Waals surface area contributed by atoms with Gasteiger partial charge in [0.1, 0.15) is 0 Å². The van der Waals surface area contributed by atoms with Gasteiger partial charge in [0.2, 0.25) is 0 Å². The molecule has 174 valence electrons. The fraction of sp³-hybridized carbons (Fsp3) is 0.400. The fourth-order valence-electron chi connectivity index (χ4n) is 4.30. The van der Waals surface area contributed by atoms with E-state index in [1.165, 1.54) is 10.1 Å². The Kier molecular flexibility index (Phi) is 7.05. The molecule has 2 heterocycles. The minimum atomic E-state index is -0.686. The Balaban J connectivity index is 1.36. The summed E-state index contributed by atoms with van der Waals surface area (Å²) < 4.78 is 1.40. The number of fused-ring (bicyclic) bond motifs is 1. The molecule has 0 aliphatic carbocycles. The zero-order valence-electron chi connectivity index (χ0n) is 19.3. The summed E-state index contributed by atoms with van der Waals surface area (Å²) in [7, 11) is 0. The smallest absolute Gasteiger partial charge is 0.316 e. The number of aromatic nitrogens is 2. The average Bonchev–Trinajstić information content (AvgIpc) is 2.84. The molecule has 8 nitrogen and oxygen atoms in total. The number of nitrogens with one attached hydrogen (secondary N) is 2. The monoisotopic (exact) mass is 449 g/mol. The molecule has 0 atom stereocenters. The molecule has 0 spiro atoms. The second-order valence-electron chi connectivity index (χ2n) is 8.45. The van der Waals surface area contributed by atoms with E-state index in [1.54, 1.807) is 25.1 Å². The molecular weight excluding hydrogens is 418 g/mol. The van der Waals surface area contributed by atoms with Crippen LogP contribution in [0.4, 0.5) is 0 Å². The Morgan fingerprint density at radius 1 is 0.909 bits per heavy atom. The van der Waals surface area contributed by atoms with Gasteiger partial charge in [-0.25, -0.2) is 0 Å². The van der Waals surface area contributed by atoms with Gasteiger partial charge in [-0.1, -0.05) is 31.2 Å². The average molecular weight is 450 g/mol. The normalized spacial score (nSPS) is 15.1. The van der Waals surface area contributed by atoms with Gasteiger partial charge in [0.25, 0.3) is 5.91 Å². The van der Waals surface area contributed by atoms with Crippen LogP contribution in [0.2, 0.25) is 0 Å². The van der Waals surface area contributed by atoms with Crippen LogP contribution in [-0.2, 0) is 19.6 Å². The second kappa shape index (κ2) is 10.1. The van der Waals surface area contributed by atoms with E-state index in [-0.39, 0.29) is 5.91 Å². The first-order valence-electron chi connectivity index (χ1n) is 11.6. The number of amides is 1. The van der Waals surface area contributed by atoms with Gasteiger partial charge in [0.15, 0.2) is 0 Å². The van der Waals surface area contributed by atoms with Crippen molar-refractivity contribution in [3.8, 4) is 0 Å². The van der Waals surface area contributed by atoms with Crippen molar-refractivity contribution in [2.24, 2.45) is 0 Å². The molecule has 8 heteroatoms. The van der Waals surface area contributed by atoms with Gasteiger partial charge >= 0.3 is 11.1 Å². The maximum atomic E-state index is 12.7. The first-order valence-corrected chi connectivity index (χ1v) is 11.6. The molecule has 2 aromatic carbocycles. The van der Waals surface area contributed by atoms with Crippen molar-refractivity contribution < 1.29 is 4.79 Å². The maximum Gasteiger partial charge on any atom is 0.316 e. The van der Waals surface area contributed by atoms with E-state index < -0.39 is 11.1 Å². The van der Waals surface area contributed by atoms with Crippen LogP contribution in [0.15, 0.2) is 52.1 Å². The number of hydrogen-bond donors (Lipinski definition) is 2. The molecule has 3 aromatic rings. The molecule has 1 fully saturated rings. The number of carbonyl (C=O) groups is 1. The Morgan fingerprint density at radius 3 is 2.24 bits per heavy atom. The predicted octanol–water partition coefficient (Wildman–Crippen LogP) is 1.78. The predicted molar refractivity (Wildman–Crippen MR) is 130 cm³/mol. The van der Waals surface area contributed by atoms with Crippen molar-refractivity contribution in [3.63, 3.8) is 0 Å². The highest BCUT2D eigenvalue weighted by molar-refractivity contribution is 5.97. The number of likely N-dealkylation sites (N-methyl/N-ethyl adjacent to an activating group) is 1. The number of carbonyl (C=O) groups excluding carboxylic acids is 1. The molecule has 1 saturated heterocycles. The van der Waals surface area contributed by atoms with Gasteiger partial charge in [0, 0.05) is 51.4 Å². The van der Waals surface area contributed by atoms with E-state index in [0.29, 0.717) is 29.7 Å². The molecule has 1 aromatic heterocycles. The van der Waals surface area contributed by atoms with E-state index >= 15 is 0 Å². The van der Waals surface area contributed by atoms with E-state index in [4.69, 9.17) is 0 Å². The van der Waals surface area contributed by atoms with Crippen LogP contribution in [0.3, 0.4) is 0 Å². The van der Waals surface area contributed by atoms with Crippen LogP contribution in [0.1, 0.15) is 35.3 Å². The number of piperazine rings is 1. The molecule has 2 N–H and O–H groups in total. The molecule has 1 aliphatic rings. The second-order valence-corrected chi connectivity index (χ2v) is 8.45. The lowest BCUT2D eigenvalue weighted by molar-refractivity contribution is 0.0951. The summed E-state index contributed by atoms with van der Waals surface area (Å²) >= 11 is 0. The SMILES string of the molecule is CCN1CCN(Cc2ccc(CNC(=O)c3ccc4c(c3)[nH]c(=O)c(=O)n4CC)cc2)CC1. The molecule has 1 aliphatic heterocycles. The van der Waals surface area contributed by atoms with Crippen LogP contribution in [0.5, 0.6) is 0 Å². The largest absolute Gasteiger partial charge is 0.348 e. The number of aromatic amines is 1. The first-order chi connectivity index (χ1) is 16.0. The van der Waals surface area contributed by atoms with Gasteiger partial charge in [-0.05, 0) is 42.8 Å². The number of benzene rings is 2. The summed E-state index contributed by atoms with van der Waals surface area (Å²) in [5.74, 6) is -0.232. The number of H-pyrrole nitrogens is 1. The zero-order chi connectivity index (χ0) is 23.4. The van der Waals surface area contributed by atoms with E-state index in [2.05, 4.69) is 51.3 Å². The third kappa shape index (κ3) is 5.23. The summed E-state index contributed by atoms with van der Waals surface area (Å²) in [5, 5.41) is 2.93. The van der Waals surface area contributed by atoms with Crippen molar-refractivity contribution in [1.29, 1.82) is 0 Å². The highest BCUT2D eigenvalue weighted by atomic mass is 16.2. The van der Waals surface area contributed by atoms with Crippen molar-refractivity contribution in [1.82, 2.24) is 24.7 Å². The lowest BCUT2D eigenvalue weighted by Crippen LogP contribution is -2.45. The summed E-state index contributed by atoms with van der Waals surface area (Å²) in [6, 6.07) is 13.3. The Morgan fingerprint density at radius 2 is 1.58 bits per heavy atom. The van der Waals surface area contributed by atoms with Gasteiger partial charge in [-0.2, -0.15) is 0 Å². The number of nitrogens with zero attached hydrogens (tertiary/aromatic N) is 3. The fourth-order valence-corrected chi connectivity index (χ4v) is 4.30. The van der Waals surface area contributed by atoms with Crippen molar-refractivity contribution in [3.05, 3.63) is 79.9 Å². The minimum Gasteiger partial charge on any atom is -0.348 e. The minimum absolute atomic E-state index is 0.232. The summed E-state index contributed by atoms with van der Waals surface area (Å²) in [6.45, 7) is 11.3. The topological polar surface area (TPSA) is 90.4 Å².